The second-order valence-electron chi connectivity index (χ2n) is 5.87. The number of aromatic nitrogens is 1. The number of rotatable bonds is 11. The van der Waals surface area contributed by atoms with Crippen LogP contribution in [0.3, 0.4) is 0 Å². The van der Waals surface area contributed by atoms with Crippen molar-refractivity contribution in [2.75, 3.05) is 25.9 Å². The Labute approximate surface area is 174 Å². The summed E-state index contributed by atoms with van der Waals surface area (Å²) in [4.78, 5) is 4.48. The third-order valence-corrected chi connectivity index (χ3v) is 4.46. The smallest absolute Gasteiger partial charge is 0.208 e. The van der Waals surface area contributed by atoms with Gasteiger partial charge in [0.05, 0.1) is 11.9 Å². The number of sulfonamides is 1. The molecule has 8 nitrogen and oxygen atoms in total. The van der Waals surface area contributed by atoms with Crippen LogP contribution < -0.4 is 15.4 Å². The van der Waals surface area contributed by atoms with Crippen LogP contribution in [0.5, 0.6) is 0 Å². The summed E-state index contributed by atoms with van der Waals surface area (Å²) in [6, 6.07) is 1.97. The van der Waals surface area contributed by atoms with Gasteiger partial charge in [-0.25, -0.2) is 18.1 Å². The first-order valence-corrected chi connectivity index (χ1v) is 10.7. The number of nitrogens with one attached hydrogen (secondary N) is 3. The van der Waals surface area contributed by atoms with Gasteiger partial charge in [-0.2, -0.15) is 0 Å². The molecule has 0 aromatic carbocycles. The molecular weight excluding hydrogens is 469 g/mol. The van der Waals surface area contributed by atoms with Crippen molar-refractivity contribution in [3.63, 3.8) is 0 Å². The summed E-state index contributed by atoms with van der Waals surface area (Å²) in [6.45, 7) is 8.43. The maximum atomic E-state index is 11.0. The largest absolute Gasteiger partial charge is 0.359 e. The molecule has 3 N–H and O–H groups in total. The molecule has 1 aromatic rings. The van der Waals surface area contributed by atoms with E-state index in [2.05, 4.69) is 39.4 Å². The minimum absolute atomic E-state index is 0. The highest BCUT2D eigenvalue weighted by Gasteiger charge is 2.12. The van der Waals surface area contributed by atoms with Crippen LogP contribution in [0.25, 0.3) is 0 Å². The second kappa shape index (κ2) is 13.3. The quantitative estimate of drug-likeness (QED) is 0.186. The summed E-state index contributed by atoms with van der Waals surface area (Å²) in [7, 11) is -3.13. The minimum atomic E-state index is -3.13. The third kappa shape index (κ3) is 10.3. The van der Waals surface area contributed by atoms with E-state index in [9.17, 15) is 8.42 Å². The number of hydrogen-bond donors (Lipinski definition) is 3. The van der Waals surface area contributed by atoms with E-state index < -0.39 is 10.0 Å². The fourth-order valence-corrected chi connectivity index (χ4v) is 2.87. The molecular formula is C16H32IN5O3S. The van der Waals surface area contributed by atoms with Gasteiger partial charge >= 0.3 is 0 Å². The molecule has 0 saturated heterocycles. The molecule has 0 radical (unpaired) electrons. The standard InChI is InChI=1S/C16H31N5O3S.HI/c1-5-13(6-2)15-11-14(24-21-15)12-19-16(17-7-3)18-9-8-10-20-25(4,22)23;/h11,13,20H,5-10,12H2,1-4H3,(H2,17,18,19);1H. The molecule has 0 fully saturated rings. The van der Waals surface area contributed by atoms with Gasteiger partial charge in [-0.3, -0.25) is 0 Å². The molecule has 0 amide bonds. The van der Waals surface area contributed by atoms with Crippen molar-refractivity contribution in [2.45, 2.75) is 52.5 Å². The molecule has 1 heterocycles. The van der Waals surface area contributed by atoms with E-state index in [-0.39, 0.29) is 24.0 Å². The van der Waals surface area contributed by atoms with E-state index in [0.29, 0.717) is 37.9 Å². The Morgan fingerprint density at radius 3 is 2.50 bits per heavy atom. The Bertz CT molecular complexity index is 630. The summed E-state index contributed by atoms with van der Waals surface area (Å²) < 4.78 is 29.8. The SMILES string of the molecule is CCNC(=NCc1cc(C(CC)CC)no1)NCCCNS(C)(=O)=O.I. The summed E-state index contributed by atoms with van der Waals surface area (Å²) >= 11 is 0. The molecule has 10 heteroatoms. The highest BCUT2D eigenvalue weighted by atomic mass is 127. The molecule has 0 aliphatic rings. The van der Waals surface area contributed by atoms with Gasteiger partial charge in [-0.1, -0.05) is 19.0 Å². The lowest BCUT2D eigenvalue weighted by molar-refractivity contribution is 0.372. The maximum Gasteiger partial charge on any atom is 0.208 e. The van der Waals surface area contributed by atoms with Crippen LogP contribution in [0.2, 0.25) is 0 Å². The molecule has 0 atom stereocenters. The summed E-state index contributed by atoms with van der Waals surface area (Å²) in [5.41, 5.74) is 0.986. The van der Waals surface area contributed by atoms with Crippen LogP contribution in [-0.2, 0) is 16.6 Å². The van der Waals surface area contributed by atoms with Crippen molar-refractivity contribution in [1.29, 1.82) is 0 Å². The van der Waals surface area contributed by atoms with Gasteiger partial charge in [0.15, 0.2) is 11.7 Å². The maximum absolute atomic E-state index is 11.0. The molecule has 0 unspecified atom stereocenters. The predicted octanol–water partition coefficient (Wildman–Crippen LogP) is 2.19. The zero-order valence-corrected chi connectivity index (χ0v) is 19.2. The fourth-order valence-electron chi connectivity index (χ4n) is 2.35. The van der Waals surface area contributed by atoms with Crippen molar-refractivity contribution in [3.05, 3.63) is 17.5 Å². The molecule has 0 saturated carbocycles. The Morgan fingerprint density at radius 2 is 1.92 bits per heavy atom. The van der Waals surface area contributed by atoms with Crippen molar-refractivity contribution in [2.24, 2.45) is 4.99 Å². The fraction of sp³-hybridized carbons (Fsp3) is 0.750. The highest BCUT2D eigenvalue weighted by molar-refractivity contribution is 14.0. The Morgan fingerprint density at radius 1 is 1.23 bits per heavy atom. The topological polar surface area (TPSA) is 109 Å². The predicted molar refractivity (Wildman–Crippen MR) is 116 cm³/mol. The first-order chi connectivity index (χ1) is 11.9. The summed E-state index contributed by atoms with van der Waals surface area (Å²) in [6.07, 6.45) is 3.90. The van der Waals surface area contributed by atoms with E-state index in [1.54, 1.807) is 0 Å². The zero-order valence-electron chi connectivity index (χ0n) is 16.0. The van der Waals surface area contributed by atoms with Gasteiger partial charge in [-0.05, 0) is 26.2 Å². The van der Waals surface area contributed by atoms with Gasteiger partial charge in [0.2, 0.25) is 10.0 Å². The Balaban J connectivity index is 0.00000625. The summed E-state index contributed by atoms with van der Waals surface area (Å²) in [5, 5.41) is 10.5. The highest BCUT2D eigenvalue weighted by Crippen LogP contribution is 2.22. The monoisotopic (exact) mass is 501 g/mol. The van der Waals surface area contributed by atoms with Crippen LogP contribution in [-0.4, -0.2) is 45.4 Å². The van der Waals surface area contributed by atoms with Crippen molar-refractivity contribution < 1.29 is 12.9 Å². The molecule has 152 valence electrons. The Kier molecular flexibility index (Phi) is 12.9. The molecule has 26 heavy (non-hydrogen) atoms. The van der Waals surface area contributed by atoms with E-state index in [4.69, 9.17) is 4.52 Å². The van der Waals surface area contributed by atoms with E-state index >= 15 is 0 Å². The molecule has 0 aliphatic heterocycles. The number of halogens is 1. The van der Waals surface area contributed by atoms with Crippen LogP contribution in [0.4, 0.5) is 0 Å². The molecule has 1 rings (SSSR count). The average molecular weight is 501 g/mol. The first kappa shape index (κ1) is 25.1. The van der Waals surface area contributed by atoms with Gasteiger partial charge in [0.25, 0.3) is 0 Å². The molecule has 0 spiro atoms. The Hall–Kier alpha value is -0.880. The lowest BCUT2D eigenvalue weighted by Gasteiger charge is -2.10. The minimum Gasteiger partial charge on any atom is -0.359 e. The first-order valence-electron chi connectivity index (χ1n) is 8.81. The van der Waals surface area contributed by atoms with Crippen LogP contribution >= 0.6 is 24.0 Å². The van der Waals surface area contributed by atoms with Crippen LogP contribution in [0.1, 0.15) is 57.4 Å². The average Bonchev–Trinajstić information content (AvgIpc) is 3.01. The number of hydrogen-bond acceptors (Lipinski definition) is 5. The van der Waals surface area contributed by atoms with Crippen molar-refractivity contribution in [1.82, 2.24) is 20.5 Å². The van der Waals surface area contributed by atoms with Gasteiger partial charge in [0.1, 0.15) is 6.54 Å². The molecule has 0 aliphatic carbocycles. The summed E-state index contributed by atoms with van der Waals surface area (Å²) in [5.74, 6) is 1.83. The molecule has 0 bridgehead atoms. The normalized spacial score (nSPS) is 12.1. The van der Waals surface area contributed by atoms with Gasteiger partial charge in [0, 0.05) is 31.6 Å². The number of aliphatic imine (C=N–C) groups is 1. The van der Waals surface area contributed by atoms with Crippen LogP contribution in [0.15, 0.2) is 15.6 Å². The van der Waals surface area contributed by atoms with Crippen molar-refractivity contribution >= 4 is 40.0 Å². The lowest BCUT2D eigenvalue weighted by atomic mass is 9.99. The van der Waals surface area contributed by atoms with E-state index in [1.165, 1.54) is 0 Å². The van der Waals surface area contributed by atoms with Gasteiger partial charge in [-0.15, -0.1) is 24.0 Å². The van der Waals surface area contributed by atoms with E-state index in [1.807, 2.05) is 13.0 Å². The van der Waals surface area contributed by atoms with Crippen molar-refractivity contribution in [3.8, 4) is 0 Å². The van der Waals surface area contributed by atoms with E-state index in [0.717, 1.165) is 37.1 Å². The molecule has 1 aromatic heterocycles. The van der Waals surface area contributed by atoms with Crippen LogP contribution in [0, 0.1) is 0 Å². The van der Waals surface area contributed by atoms with Gasteiger partial charge < -0.3 is 15.2 Å². The third-order valence-electron chi connectivity index (χ3n) is 3.73. The number of nitrogens with zero attached hydrogens (tertiary/aromatic N) is 2. The number of guanidine groups is 1. The second-order valence-corrected chi connectivity index (χ2v) is 7.71. The lowest BCUT2D eigenvalue weighted by Crippen LogP contribution is -2.38. The zero-order chi connectivity index (χ0) is 18.7.